The summed E-state index contributed by atoms with van der Waals surface area (Å²) in [5.74, 6) is -0.925. The van der Waals surface area contributed by atoms with Crippen LogP contribution in [0.25, 0.3) is 0 Å². The predicted octanol–water partition coefficient (Wildman–Crippen LogP) is 2.23. The number of β-amino-alcohol motifs (C(OH)–C–C–N with tert-alkyl or cyclic N) is 1. The van der Waals surface area contributed by atoms with Crippen LogP contribution in [0.1, 0.15) is 28.5 Å². The standard InChI is InChI=1S/C16H15FN2O3/c17-11-6-4-10(5-7-11)14-8-12(20)9-19(14)15-3-1-2-13(18-15)16(21)22/h1-7,12,14,20H,8-9H2,(H,21,22). The molecule has 1 aliphatic heterocycles. The van der Waals surface area contributed by atoms with Crippen molar-refractivity contribution < 1.29 is 19.4 Å². The second-order valence-corrected chi connectivity index (χ2v) is 5.30. The number of pyridine rings is 1. The number of halogens is 1. The highest BCUT2D eigenvalue weighted by Gasteiger charge is 2.33. The fraction of sp³-hybridized carbons (Fsp3) is 0.250. The van der Waals surface area contributed by atoms with Crippen molar-refractivity contribution in [3.05, 3.63) is 59.5 Å². The topological polar surface area (TPSA) is 73.7 Å². The minimum absolute atomic E-state index is 0.0447. The van der Waals surface area contributed by atoms with Crippen LogP contribution >= 0.6 is 0 Å². The van der Waals surface area contributed by atoms with Crippen LogP contribution in [-0.2, 0) is 0 Å². The number of hydrogen-bond acceptors (Lipinski definition) is 4. The summed E-state index contributed by atoms with van der Waals surface area (Å²) < 4.78 is 13.1. The first-order chi connectivity index (χ1) is 10.5. The van der Waals surface area contributed by atoms with Crippen LogP contribution in [0.4, 0.5) is 10.2 Å². The van der Waals surface area contributed by atoms with Crippen molar-refractivity contribution in [3.8, 4) is 0 Å². The van der Waals surface area contributed by atoms with E-state index in [0.717, 1.165) is 5.56 Å². The molecular weight excluding hydrogens is 287 g/mol. The monoisotopic (exact) mass is 302 g/mol. The molecule has 0 saturated carbocycles. The first-order valence-corrected chi connectivity index (χ1v) is 6.95. The highest BCUT2D eigenvalue weighted by molar-refractivity contribution is 5.85. The van der Waals surface area contributed by atoms with E-state index in [4.69, 9.17) is 5.11 Å². The number of carboxylic acids is 1. The Bertz CT molecular complexity index is 690. The molecule has 1 saturated heterocycles. The number of benzene rings is 1. The first-order valence-electron chi connectivity index (χ1n) is 6.95. The van der Waals surface area contributed by atoms with Gasteiger partial charge in [-0.1, -0.05) is 18.2 Å². The maximum absolute atomic E-state index is 13.1. The SMILES string of the molecule is O=C(O)c1cccc(N2CC(O)CC2c2ccc(F)cc2)n1. The lowest BCUT2D eigenvalue weighted by molar-refractivity contribution is 0.0690. The third kappa shape index (κ3) is 2.78. The second kappa shape index (κ2) is 5.73. The average Bonchev–Trinajstić information content (AvgIpc) is 2.90. The third-order valence-corrected chi connectivity index (χ3v) is 3.78. The van der Waals surface area contributed by atoms with Gasteiger partial charge in [-0.15, -0.1) is 0 Å². The van der Waals surface area contributed by atoms with Crippen molar-refractivity contribution in [3.63, 3.8) is 0 Å². The van der Waals surface area contributed by atoms with Gasteiger partial charge in [0, 0.05) is 6.54 Å². The molecule has 0 radical (unpaired) electrons. The molecule has 1 aromatic heterocycles. The molecule has 22 heavy (non-hydrogen) atoms. The van der Waals surface area contributed by atoms with Gasteiger partial charge >= 0.3 is 5.97 Å². The molecule has 1 aromatic carbocycles. The van der Waals surface area contributed by atoms with Gasteiger partial charge in [-0.25, -0.2) is 14.2 Å². The van der Waals surface area contributed by atoms with Crippen molar-refractivity contribution in [2.24, 2.45) is 0 Å². The number of anilines is 1. The Kier molecular flexibility index (Phi) is 3.77. The van der Waals surface area contributed by atoms with Crippen molar-refractivity contribution >= 4 is 11.8 Å². The number of aliphatic hydroxyl groups is 1. The van der Waals surface area contributed by atoms with Crippen LogP contribution in [0.15, 0.2) is 42.5 Å². The van der Waals surface area contributed by atoms with Gasteiger partial charge in [0.1, 0.15) is 11.6 Å². The number of carbonyl (C=O) groups is 1. The molecule has 114 valence electrons. The summed E-state index contributed by atoms with van der Waals surface area (Å²) in [5.41, 5.74) is 0.817. The highest BCUT2D eigenvalue weighted by atomic mass is 19.1. The van der Waals surface area contributed by atoms with E-state index >= 15 is 0 Å². The van der Waals surface area contributed by atoms with Gasteiger partial charge in [-0.3, -0.25) is 0 Å². The minimum Gasteiger partial charge on any atom is -0.477 e. The molecule has 6 heteroatoms. The molecule has 2 atom stereocenters. The summed E-state index contributed by atoms with van der Waals surface area (Å²) in [6.45, 7) is 0.359. The van der Waals surface area contributed by atoms with Crippen LogP contribution in [0.3, 0.4) is 0 Å². The molecule has 1 fully saturated rings. The highest BCUT2D eigenvalue weighted by Crippen LogP contribution is 2.35. The van der Waals surface area contributed by atoms with E-state index < -0.39 is 12.1 Å². The Balaban J connectivity index is 1.95. The van der Waals surface area contributed by atoms with Gasteiger partial charge in [0.25, 0.3) is 0 Å². The summed E-state index contributed by atoms with van der Waals surface area (Å²) in [7, 11) is 0. The zero-order valence-electron chi connectivity index (χ0n) is 11.7. The Morgan fingerprint density at radius 2 is 1.95 bits per heavy atom. The maximum atomic E-state index is 13.1. The van der Waals surface area contributed by atoms with Gasteiger partial charge in [0.2, 0.25) is 0 Å². The molecule has 2 unspecified atom stereocenters. The van der Waals surface area contributed by atoms with Crippen LogP contribution in [0.2, 0.25) is 0 Å². The summed E-state index contributed by atoms with van der Waals surface area (Å²) in [6, 6.07) is 10.7. The van der Waals surface area contributed by atoms with E-state index in [0.29, 0.717) is 18.8 Å². The number of aromatic carboxylic acids is 1. The van der Waals surface area contributed by atoms with Crippen LogP contribution in [0, 0.1) is 5.82 Å². The minimum atomic E-state index is -1.10. The fourth-order valence-corrected chi connectivity index (χ4v) is 2.77. The lowest BCUT2D eigenvalue weighted by atomic mass is 10.0. The van der Waals surface area contributed by atoms with Crippen molar-refractivity contribution in [1.82, 2.24) is 4.98 Å². The van der Waals surface area contributed by atoms with E-state index in [9.17, 15) is 14.3 Å². The van der Waals surface area contributed by atoms with Crippen molar-refractivity contribution in [1.29, 1.82) is 0 Å². The van der Waals surface area contributed by atoms with Crippen molar-refractivity contribution in [2.75, 3.05) is 11.4 Å². The zero-order valence-corrected chi connectivity index (χ0v) is 11.7. The predicted molar refractivity (Wildman–Crippen MR) is 78.3 cm³/mol. The van der Waals surface area contributed by atoms with Gasteiger partial charge in [-0.05, 0) is 36.2 Å². The lowest BCUT2D eigenvalue weighted by Gasteiger charge is -2.26. The molecule has 5 nitrogen and oxygen atoms in total. The zero-order chi connectivity index (χ0) is 15.7. The summed E-state index contributed by atoms with van der Waals surface area (Å²) in [5, 5.41) is 19.0. The molecule has 0 amide bonds. The Morgan fingerprint density at radius 3 is 2.64 bits per heavy atom. The Hall–Kier alpha value is -2.47. The summed E-state index contributed by atoms with van der Waals surface area (Å²) >= 11 is 0. The van der Waals surface area contributed by atoms with Gasteiger partial charge in [0.15, 0.2) is 5.69 Å². The molecular formula is C16H15FN2O3. The molecule has 2 N–H and O–H groups in total. The number of carboxylic acid groups (broad SMARTS) is 1. The molecule has 0 aliphatic carbocycles. The van der Waals surface area contributed by atoms with Gasteiger partial charge in [-0.2, -0.15) is 0 Å². The van der Waals surface area contributed by atoms with E-state index in [-0.39, 0.29) is 17.6 Å². The van der Waals surface area contributed by atoms with Crippen molar-refractivity contribution in [2.45, 2.75) is 18.6 Å². The Labute approximate surface area is 126 Å². The summed E-state index contributed by atoms with van der Waals surface area (Å²) in [4.78, 5) is 17.0. The number of rotatable bonds is 3. The van der Waals surface area contributed by atoms with Gasteiger partial charge in [0.05, 0.1) is 12.1 Å². The molecule has 2 heterocycles. The van der Waals surface area contributed by atoms with Crippen LogP contribution in [0.5, 0.6) is 0 Å². The number of nitrogens with zero attached hydrogens (tertiary/aromatic N) is 2. The van der Waals surface area contributed by atoms with Crippen LogP contribution < -0.4 is 4.90 Å². The van der Waals surface area contributed by atoms with Gasteiger partial charge < -0.3 is 15.1 Å². The number of aliphatic hydroxyl groups excluding tert-OH is 1. The third-order valence-electron chi connectivity index (χ3n) is 3.78. The first kappa shape index (κ1) is 14.5. The average molecular weight is 302 g/mol. The quantitative estimate of drug-likeness (QED) is 0.909. The van der Waals surface area contributed by atoms with E-state index in [1.165, 1.54) is 18.2 Å². The molecule has 1 aliphatic rings. The number of hydrogen-bond donors (Lipinski definition) is 2. The van der Waals surface area contributed by atoms with E-state index in [1.54, 1.807) is 24.3 Å². The largest absolute Gasteiger partial charge is 0.477 e. The smallest absolute Gasteiger partial charge is 0.354 e. The molecule has 2 aromatic rings. The molecule has 0 bridgehead atoms. The maximum Gasteiger partial charge on any atom is 0.354 e. The van der Waals surface area contributed by atoms with Crippen LogP contribution in [-0.4, -0.2) is 33.8 Å². The van der Waals surface area contributed by atoms with E-state index in [1.807, 2.05) is 4.90 Å². The normalized spacial score (nSPS) is 21.1. The lowest BCUT2D eigenvalue weighted by Crippen LogP contribution is -2.25. The molecule has 3 rings (SSSR count). The number of aromatic nitrogens is 1. The fourth-order valence-electron chi connectivity index (χ4n) is 2.77. The Morgan fingerprint density at radius 1 is 1.23 bits per heavy atom. The van der Waals surface area contributed by atoms with E-state index in [2.05, 4.69) is 4.98 Å². The second-order valence-electron chi connectivity index (χ2n) is 5.30. The molecule has 0 spiro atoms. The summed E-state index contributed by atoms with van der Waals surface area (Å²) in [6.07, 6.45) is -0.0460.